The molecule has 0 fully saturated rings. The molecular formula is C20H18FN3O5S2. The number of rotatable bonds is 8. The molecule has 2 aromatic carbocycles. The molecule has 0 bridgehead atoms. The maximum absolute atomic E-state index is 13.1. The zero-order valence-electron chi connectivity index (χ0n) is 16.3. The molecule has 162 valence electrons. The summed E-state index contributed by atoms with van der Waals surface area (Å²) in [5, 5.41) is 4.47. The molecular weight excluding hydrogens is 445 g/mol. The Morgan fingerprint density at radius 3 is 2.55 bits per heavy atom. The quantitative estimate of drug-likeness (QED) is 0.497. The Labute approximate surface area is 182 Å². The predicted octanol–water partition coefficient (Wildman–Crippen LogP) is 2.73. The van der Waals surface area contributed by atoms with Gasteiger partial charge in [0.15, 0.2) is 0 Å². The van der Waals surface area contributed by atoms with E-state index >= 15 is 0 Å². The number of nitrogens with one attached hydrogen (secondary N) is 2. The molecule has 0 saturated heterocycles. The van der Waals surface area contributed by atoms with Crippen LogP contribution in [0.2, 0.25) is 0 Å². The zero-order chi connectivity index (χ0) is 22.4. The Hall–Kier alpha value is -3.31. The second kappa shape index (κ2) is 9.67. The van der Waals surface area contributed by atoms with Crippen molar-refractivity contribution in [3.63, 3.8) is 0 Å². The van der Waals surface area contributed by atoms with Gasteiger partial charge in [-0.3, -0.25) is 9.52 Å². The molecule has 0 aliphatic rings. The molecule has 0 saturated carbocycles. The second-order valence-corrected chi connectivity index (χ2v) is 8.80. The molecule has 0 aliphatic heterocycles. The molecule has 3 aromatic rings. The van der Waals surface area contributed by atoms with Crippen molar-refractivity contribution in [2.24, 2.45) is 0 Å². The Morgan fingerprint density at radius 2 is 1.90 bits per heavy atom. The van der Waals surface area contributed by atoms with Crippen LogP contribution in [0.25, 0.3) is 0 Å². The number of sulfonamides is 1. The highest BCUT2D eigenvalue weighted by atomic mass is 32.2. The average molecular weight is 464 g/mol. The number of ether oxygens (including phenoxy) is 1. The van der Waals surface area contributed by atoms with E-state index in [9.17, 15) is 22.4 Å². The average Bonchev–Trinajstić information content (AvgIpc) is 3.24. The molecule has 31 heavy (non-hydrogen) atoms. The molecule has 2 N–H and O–H groups in total. The third kappa shape index (κ3) is 6.09. The summed E-state index contributed by atoms with van der Waals surface area (Å²) in [5.41, 5.74) is 2.94. The van der Waals surface area contributed by atoms with E-state index in [1.165, 1.54) is 36.6 Å². The van der Waals surface area contributed by atoms with Crippen LogP contribution in [0.4, 0.5) is 10.1 Å². The zero-order valence-corrected chi connectivity index (χ0v) is 17.9. The van der Waals surface area contributed by atoms with Crippen molar-refractivity contribution in [1.82, 2.24) is 10.3 Å². The third-order valence-electron chi connectivity index (χ3n) is 4.10. The number of anilines is 1. The number of nitrogens with zero attached hydrogens (tertiary/aromatic N) is 1. The number of thiazole rings is 1. The van der Waals surface area contributed by atoms with Crippen LogP contribution in [0, 0.1) is 5.82 Å². The molecule has 8 nitrogen and oxygen atoms in total. The van der Waals surface area contributed by atoms with Gasteiger partial charge >= 0.3 is 5.97 Å². The van der Waals surface area contributed by atoms with Crippen molar-refractivity contribution in [3.8, 4) is 0 Å². The van der Waals surface area contributed by atoms with Gasteiger partial charge < -0.3 is 10.1 Å². The van der Waals surface area contributed by atoms with Crippen LogP contribution in [-0.4, -0.2) is 32.4 Å². The monoisotopic (exact) mass is 463 g/mol. The van der Waals surface area contributed by atoms with Gasteiger partial charge in [0.2, 0.25) is 5.91 Å². The van der Waals surface area contributed by atoms with E-state index in [0.717, 1.165) is 24.3 Å². The number of esters is 1. The summed E-state index contributed by atoms with van der Waals surface area (Å²) in [6, 6.07) is 8.60. The Morgan fingerprint density at radius 1 is 1.16 bits per heavy atom. The van der Waals surface area contributed by atoms with Crippen molar-refractivity contribution < 1.29 is 27.1 Å². The molecule has 0 unspecified atom stereocenters. The van der Waals surface area contributed by atoms with Crippen molar-refractivity contribution in [2.75, 3.05) is 11.8 Å². The Balaban J connectivity index is 1.80. The van der Waals surface area contributed by atoms with E-state index in [4.69, 9.17) is 4.74 Å². The topological polar surface area (TPSA) is 114 Å². The maximum atomic E-state index is 13.1. The molecule has 0 radical (unpaired) electrons. The van der Waals surface area contributed by atoms with E-state index < -0.39 is 21.8 Å². The van der Waals surface area contributed by atoms with Crippen molar-refractivity contribution in [2.45, 2.75) is 17.9 Å². The van der Waals surface area contributed by atoms with Crippen LogP contribution < -0.4 is 10.0 Å². The first-order valence-corrected chi connectivity index (χ1v) is 11.3. The standard InChI is InChI=1S/C20H18FN3O5S2/c1-29-20(26)14-6-13(10-22-19(25)9-17-11-30-12-23-17)7-16(8-14)24-31(27,28)18-4-2-15(21)3-5-18/h2-8,11-12,24H,9-10H2,1H3,(H,22,25). The van der Waals surface area contributed by atoms with E-state index in [1.807, 2.05) is 0 Å². The predicted molar refractivity (Wildman–Crippen MR) is 113 cm³/mol. The SMILES string of the molecule is COC(=O)c1cc(CNC(=O)Cc2cscn2)cc(NS(=O)(=O)c2ccc(F)cc2)c1. The first-order valence-electron chi connectivity index (χ1n) is 8.91. The third-order valence-corrected chi connectivity index (χ3v) is 6.14. The van der Waals surface area contributed by atoms with E-state index in [1.54, 1.807) is 10.9 Å². The molecule has 0 atom stereocenters. The first-order chi connectivity index (χ1) is 14.8. The molecule has 1 heterocycles. The number of halogens is 1. The van der Waals surface area contributed by atoms with Gasteiger partial charge in [-0.25, -0.2) is 22.6 Å². The van der Waals surface area contributed by atoms with E-state index in [2.05, 4.69) is 15.0 Å². The number of hydrogen-bond acceptors (Lipinski definition) is 7. The largest absolute Gasteiger partial charge is 0.465 e. The van der Waals surface area contributed by atoms with Gasteiger partial charge in [-0.1, -0.05) is 0 Å². The van der Waals surface area contributed by atoms with Crippen LogP contribution in [0.1, 0.15) is 21.6 Å². The van der Waals surface area contributed by atoms with Gasteiger partial charge in [0, 0.05) is 11.9 Å². The molecule has 3 rings (SSSR count). The van der Waals surface area contributed by atoms with E-state index in [-0.39, 0.29) is 35.0 Å². The number of aromatic nitrogens is 1. The van der Waals surface area contributed by atoms with Gasteiger partial charge in [0.1, 0.15) is 5.82 Å². The highest BCUT2D eigenvalue weighted by Crippen LogP contribution is 2.21. The van der Waals surface area contributed by atoms with Gasteiger partial charge in [-0.05, 0) is 48.0 Å². The summed E-state index contributed by atoms with van der Waals surface area (Å²) in [5.74, 6) is -1.51. The normalized spacial score (nSPS) is 11.0. The van der Waals surface area contributed by atoms with Crippen molar-refractivity contribution >= 4 is 38.9 Å². The number of methoxy groups -OCH3 is 1. The Kier molecular flexibility index (Phi) is 6.98. The molecule has 1 aromatic heterocycles. The molecule has 1 amide bonds. The fourth-order valence-corrected chi connectivity index (χ4v) is 4.27. The second-order valence-electron chi connectivity index (χ2n) is 6.40. The number of carbonyl (C=O) groups is 2. The van der Waals surface area contributed by atoms with Gasteiger partial charge in [-0.2, -0.15) is 0 Å². The van der Waals surface area contributed by atoms with Gasteiger partial charge in [0.25, 0.3) is 10.0 Å². The highest BCUT2D eigenvalue weighted by Gasteiger charge is 2.17. The summed E-state index contributed by atoms with van der Waals surface area (Å²) < 4.78 is 45.4. The number of hydrogen-bond donors (Lipinski definition) is 2. The van der Waals surface area contributed by atoms with Crippen LogP contribution in [0.15, 0.2) is 58.3 Å². The minimum Gasteiger partial charge on any atom is -0.465 e. The maximum Gasteiger partial charge on any atom is 0.337 e. The lowest BCUT2D eigenvalue weighted by Crippen LogP contribution is -2.25. The van der Waals surface area contributed by atoms with E-state index in [0.29, 0.717) is 11.3 Å². The summed E-state index contributed by atoms with van der Waals surface area (Å²) >= 11 is 1.38. The number of amides is 1. The van der Waals surface area contributed by atoms with Gasteiger partial charge in [-0.15, -0.1) is 11.3 Å². The lowest BCUT2D eigenvalue weighted by molar-refractivity contribution is -0.120. The summed E-state index contributed by atoms with van der Waals surface area (Å²) in [6.45, 7) is 0.0546. The lowest BCUT2D eigenvalue weighted by Gasteiger charge is -2.12. The fourth-order valence-electron chi connectivity index (χ4n) is 2.67. The first kappa shape index (κ1) is 22.4. The van der Waals surface area contributed by atoms with Gasteiger partial charge in [0.05, 0.1) is 40.9 Å². The molecule has 0 aliphatic carbocycles. The van der Waals surface area contributed by atoms with Crippen molar-refractivity contribution in [1.29, 1.82) is 0 Å². The number of benzene rings is 2. The highest BCUT2D eigenvalue weighted by molar-refractivity contribution is 7.92. The fraction of sp³-hybridized carbons (Fsp3) is 0.150. The number of carbonyl (C=O) groups excluding carboxylic acids is 2. The van der Waals surface area contributed by atoms with Crippen LogP contribution >= 0.6 is 11.3 Å². The summed E-state index contributed by atoms with van der Waals surface area (Å²) in [6.07, 6.45) is 0.101. The Bertz CT molecular complexity index is 1180. The minimum absolute atomic E-state index is 0.0546. The minimum atomic E-state index is -4.02. The summed E-state index contributed by atoms with van der Waals surface area (Å²) in [7, 11) is -2.82. The smallest absolute Gasteiger partial charge is 0.337 e. The van der Waals surface area contributed by atoms with Crippen LogP contribution in [0.5, 0.6) is 0 Å². The van der Waals surface area contributed by atoms with Crippen LogP contribution in [0.3, 0.4) is 0 Å². The van der Waals surface area contributed by atoms with Crippen molar-refractivity contribution in [3.05, 3.63) is 76.0 Å². The molecule has 0 spiro atoms. The van der Waals surface area contributed by atoms with Crippen LogP contribution in [-0.2, 0) is 32.5 Å². The summed E-state index contributed by atoms with van der Waals surface area (Å²) in [4.78, 5) is 28.0. The lowest BCUT2D eigenvalue weighted by atomic mass is 10.1. The molecule has 11 heteroatoms.